The molecule has 0 bridgehead atoms. The topological polar surface area (TPSA) is 63.8 Å². The Hall–Kier alpha value is -1.73. The average molecular weight is 263 g/mol. The third-order valence-corrected chi connectivity index (χ3v) is 2.87. The minimum absolute atomic E-state index is 0.755. The molecule has 0 radical (unpaired) electrons. The number of aryl methyl sites for hydroxylation is 1. The third kappa shape index (κ3) is 4.15. The van der Waals surface area contributed by atoms with Crippen molar-refractivity contribution in [3.63, 3.8) is 0 Å². The standard InChI is InChI=1S/C12H21N7/c1-13-7-12-10-19(16-15-12)5-4-17(2)8-11-6-14-18(3)9-11/h6,9-10,13H,4-5,7-8H2,1-3H3. The quantitative estimate of drug-likeness (QED) is 0.753. The van der Waals surface area contributed by atoms with Crippen molar-refractivity contribution in [1.29, 1.82) is 0 Å². The number of aromatic nitrogens is 5. The fourth-order valence-corrected chi connectivity index (χ4v) is 1.93. The maximum atomic E-state index is 4.17. The summed E-state index contributed by atoms with van der Waals surface area (Å²) in [5.74, 6) is 0. The highest BCUT2D eigenvalue weighted by Crippen LogP contribution is 2.01. The van der Waals surface area contributed by atoms with E-state index in [1.54, 1.807) is 0 Å². The Kier molecular flexibility index (Phi) is 4.64. The van der Waals surface area contributed by atoms with E-state index >= 15 is 0 Å². The van der Waals surface area contributed by atoms with E-state index in [9.17, 15) is 0 Å². The van der Waals surface area contributed by atoms with Crippen LogP contribution < -0.4 is 5.32 Å². The first kappa shape index (κ1) is 13.7. The lowest BCUT2D eigenvalue weighted by Gasteiger charge is -2.14. The van der Waals surface area contributed by atoms with Crippen LogP contribution in [0.5, 0.6) is 0 Å². The third-order valence-electron chi connectivity index (χ3n) is 2.87. The van der Waals surface area contributed by atoms with Gasteiger partial charge in [0.15, 0.2) is 0 Å². The van der Waals surface area contributed by atoms with E-state index in [-0.39, 0.29) is 0 Å². The van der Waals surface area contributed by atoms with Gasteiger partial charge in [-0.1, -0.05) is 5.21 Å². The van der Waals surface area contributed by atoms with E-state index in [0.717, 1.165) is 31.9 Å². The fourth-order valence-electron chi connectivity index (χ4n) is 1.93. The van der Waals surface area contributed by atoms with E-state index in [1.807, 2.05) is 42.0 Å². The molecule has 7 nitrogen and oxygen atoms in total. The van der Waals surface area contributed by atoms with Crippen LogP contribution in [0.3, 0.4) is 0 Å². The monoisotopic (exact) mass is 263 g/mol. The van der Waals surface area contributed by atoms with Crippen LogP contribution in [0.2, 0.25) is 0 Å². The largest absolute Gasteiger partial charge is 0.314 e. The van der Waals surface area contributed by atoms with Crippen LogP contribution in [0.4, 0.5) is 0 Å². The molecule has 19 heavy (non-hydrogen) atoms. The summed E-state index contributed by atoms with van der Waals surface area (Å²) >= 11 is 0. The number of rotatable bonds is 7. The average Bonchev–Trinajstić information content (AvgIpc) is 2.97. The van der Waals surface area contributed by atoms with Crippen LogP contribution in [-0.2, 0) is 26.7 Å². The van der Waals surface area contributed by atoms with Crippen molar-refractivity contribution in [2.24, 2.45) is 7.05 Å². The molecule has 0 atom stereocenters. The first-order valence-corrected chi connectivity index (χ1v) is 6.37. The molecule has 2 rings (SSSR count). The Balaban J connectivity index is 1.77. The zero-order valence-electron chi connectivity index (χ0n) is 11.7. The van der Waals surface area contributed by atoms with Crippen LogP contribution in [0.1, 0.15) is 11.3 Å². The molecule has 0 fully saturated rings. The maximum absolute atomic E-state index is 4.17. The van der Waals surface area contributed by atoms with Crippen molar-refractivity contribution in [2.75, 3.05) is 20.6 Å². The van der Waals surface area contributed by atoms with Crippen LogP contribution in [0.25, 0.3) is 0 Å². The first-order valence-electron chi connectivity index (χ1n) is 6.37. The van der Waals surface area contributed by atoms with Crippen molar-refractivity contribution in [2.45, 2.75) is 19.6 Å². The van der Waals surface area contributed by atoms with Gasteiger partial charge in [0.2, 0.25) is 0 Å². The Morgan fingerprint density at radius 2 is 2.21 bits per heavy atom. The predicted molar refractivity (Wildman–Crippen MR) is 72.3 cm³/mol. The number of nitrogens with one attached hydrogen (secondary N) is 1. The maximum Gasteiger partial charge on any atom is 0.0964 e. The molecule has 0 aliphatic heterocycles. The number of hydrogen-bond donors (Lipinski definition) is 1. The van der Waals surface area contributed by atoms with Crippen LogP contribution >= 0.6 is 0 Å². The molecular weight excluding hydrogens is 242 g/mol. The zero-order valence-corrected chi connectivity index (χ0v) is 11.7. The van der Waals surface area contributed by atoms with Gasteiger partial charge >= 0.3 is 0 Å². The predicted octanol–water partition coefficient (Wildman–Crippen LogP) is -0.137. The molecule has 0 amide bonds. The summed E-state index contributed by atoms with van der Waals surface area (Å²) in [6.07, 6.45) is 5.92. The second-order valence-electron chi connectivity index (χ2n) is 4.76. The molecule has 0 aliphatic carbocycles. The lowest BCUT2D eigenvalue weighted by Crippen LogP contribution is -2.23. The van der Waals surface area contributed by atoms with Crippen molar-refractivity contribution in [3.8, 4) is 0 Å². The van der Waals surface area contributed by atoms with Gasteiger partial charge in [0, 0.05) is 44.6 Å². The van der Waals surface area contributed by atoms with Crippen molar-refractivity contribution >= 4 is 0 Å². The molecule has 0 unspecified atom stereocenters. The van der Waals surface area contributed by atoms with Gasteiger partial charge in [-0.15, -0.1) is 5.10 Å². The zero-order chi connectivity index (χ0) is 13.7. The molecule has 2 aromatic heterocycles. The van der Waals surface area contributed by atoms with Gasteiger partial charge < -0.3 is 10.2 Å². The normalized spacial score (nSPS) is 11.4. The van der Waals surface area contributed by atoms with E-state index in [4.69, 9.17) is 0 Å². The summed E-state index contributed by atoms with van der Waals surface area (Å²) in [5.41, 5.74) is 2.19. The number of hydrogen-bond acceptors (Lipinski definition) is 5. The van der Waals surface area contributed by atoms with Crippen molar-refractivity contribution in [1.82, 2.24) is 35.0 Å². The van der Waals surface area contributed by atoms with E-state index in [2.05, 4.69) is 32.7 Å². The number of likely N-dealkylation sites (N-methyl/N-ethyl adjacent to an activating group) is 1. The van der Waals surface area contributed by atoms with Gasteiger partial charge in [0.25, 0.3) is 0 Å². The molecule has 104 valence electrons. The molecule has 7 heteroatoms. The summed E-state index contributed by atoms with van der Waals surface area (Å²) in [5, 5.41) is 15.4. The van der Waals surface area contributed by atoms with Crippen molar-refractivity contribution < 1.29 is 0 Å². The highest BCUT2D eigenvalue weighted by Gasteiger charge is 2.04. The summed E-state index contributed by atoms with van der Waals surface area (Å²) in [4.78, 5) is 2.25. The summed E-state index contributed by atoms with van der Waals surface area (Å²) < 4.78 is 3.71. The smallest absolute Gasteiger partial charge is 0.0964 e. The molecule has 0 spiro atoms. The fraction of sp³-hybridized carbons (Fsp3) is 0.583. The minimum Gasteiger partial charge on any atom is -0.314 e. The van der Waals surface area contributed by atoms with E-state index < -0.39 is 0 Å². The van der Waals surface area contributed by atoms with E-state index in [1.165, 1.54) is 5.56 Å². The first-order chi connectivity index (χ1) is 9.17. The van der Waals surface area contributed by atoms with Gasteiger partial charge in [0.1, 0.15) is 0 Å². The van der Waals surface area contributed by atoms with Gasteiger partial charge in [-0.2, -0.15) is 5.10 Å². The van der Waals surface area contributed by atoms with Crippen molar-refractivity contribution in [3.05, 3.63) is 29.8 Å². The molecule has 2 aromatic rings. The Labute approximate surface area is 113 Å². The highest BCUT2D eigenvalue weighted by molar-refractivity contribution is 5.02. The van der Waals surface area contributed by atoms with Crippen LogP contribution in [0, 0.1) is 0 Å². The molecule has 0 aromatic carbocycles. The molecule has 0 saturated heterocycles. The summed E-state index contributed by atoms with van der Waals surface area (Å²) in [6, 6.07) is 0. The van der Waals surface area contributed by atoms with Gasteiger partial charge in [-0.3, -0.25) is 9.36 Å². The van der Waals surface area contributed by atoms with Crippen LogP contribution in [-0.4, -0.2) is 50.3 Å². The second kappa shape index (κ2) is 6.44. The summed E-state index contributed by atoms with van der Waals surface area (Å²) in [7, 11) is 5.93. The molecule has 0 aliphatic rings. The second-order valence-corrected chi connectivity index (χ2v) is 4.76. The molecular formula is C12H21N7. The number of nitrogens with zero attached hydrogens (tertiary/aromatic N) is 6. The lowest BCUT2D eigenvalue weighted by molar-refractivity contribution is 0.303. The Morgan fingerprint density at radius 1 is 1.37 bits per heavy atom. The summed E-state index contributed by atoms with van der Waals surface area (Å²) in [6.45, 7) is 3.42. The minimum atomic E-state index is 0.755. The van der Waals surface area contributed by atoms with Gasteiger partial charge in [-0.25, -0.2) is 0 Å². The molecule has 2 heterocycles. The SMILES string of the molecule is CNCc1cn(CCN(C)Cc2cnn(C)c2)nn1. The lowest BCUT2D eigenvalue weighted by atomic mass is 10.3. The van der Waals surface area contributed by atoms with Crippen LogP contribution in [0.15, 0.2) is 18.6 Å². The Morgan fingerprint density at radius 3 is 2.89 bits per heavy atom. The van der Waals surface area contributed by atoms with E-state index in [0.29, 0.717) is 0 Å². The molecule has 0 saturated carbocycles. The van der Waals surface area contributed by atoms with Gasteiger partial charge in [0.05, 0.1) is 18.4 Å². The van der Waals surface area contributed by atoms with Gasteiger partial charge in [-0.05, 0) is 14.1 Å². The Bertz CT molecular complexity index is 502. The highest BCUT2D eigenvalue weighted by atomic mass is 15.4. The molecule has 1 N–H and O–H groups in total.